The van der Waals surface area contributed by atoms with E-state index >= 15 is 0 Å². The quantitative estimate of drug-likeness (QED) is 0.589. The van der Waals surface area contributed by atoms with E-state index in [2.05, 4.69) is 4.98 Å². The fraction of sp³-hybridized carbons (Fsp3) is 0.125. The first kappa shape index (κ1) is 13.9. The van der Waals surface area contributed by atoms with E-state index in [9.17, 15) is 4.79 Å². The van der Waals surface area contributed by atoms with Gasteiger partial charge in [0, 0.05) is 11.8 Å². The van der Waals surface area contributed by atoms with Crippen LogP contribution in [0.5, 0.6) is 11.5 Å². The zero-order chi connectivity index (χ0) is 15.7. The van der Waals surface area contributed by atoms with Crippen molar-refractivity contribution in [2.45, 2.75) is 0 Å². The van der Waals surface area contributed by atoms with Gasteiger partial charge in [0.2, 0.25) is 5.78 Å². The van der Waals surface area contributed by atoms with Crippen molar-refractivity contribution in [3.8, 4) is 11.5 Å². The molecule has 0 saturated carbocycles. The van der Waals surface area contributed by atoms with Crippen LogP contribution in [-0.2, 0) is 0 Å². The number of carbonyl (C=O) groups excluding carboxylic acids is 1. The average Bonchev–Trinajstić information content (AvgIpc) is 2.98. The topological polar surface area (TPSA) is 78.8 Å². The number of pyridine rings is 1. The Bertz CT molecular complexity index is 855. The average molecular weight is 297 g/mol. The number of rotatable bonds is 4. The highest BCUT2D eigenvalue weighted by atomic mass is 16.5. The Morgan fingerprint density at radius 3 is 2.68 bits per heavy atom. The molecule has 2 aromatic heterocycles. The molecule has 112 valence electrons. The molecule has 22 heavy (non-hydrogen) atoms. The second-order valence-corrected chi connectivity index (χ2v) is 4.70. The van der Waals surface area contributed by atoms with Crippen LogP contribution in [0.4, 0.5) is 5.69 Å². The van der Waals surface area contributed by atoms with E-state index in [0.717, 1.165) is 5.52 Å². The molecule has 3 aromatic rings. The first-order valence-corrected chi connectivity index (χ1v) is 6.64. The minimum Gasteiger partial charge on any atom is -0.495 e. The third-order valence-corrected chi connectivity index (χ3v) is 3.45. The summed E-state index contributed by atoms with van der Waals surface area (Å²) in [5, 5.41) is 0. The molecule has 1 aromatic carbocycles. The maximum absolute atomic E-state index is 12.7. The van der Waals surface area contributed by atoms with E-state index in [1.54, 1.807) is 48.2 Å². The lowest BCUT2D eigenvalue weighted by Gasteiger charge is -2.07. The minimum atomic E-state index is -0.216. The van der Waals surface area contributed by atoms with Gasteiger partial charge >= 0.3 is 0 Å². The summed E-state index contributed by atoms with van der Waals surface area (Å²) in [6.07, 6.45) is 3.38. The van der Waals surface area contributed by atoms with Crippen molar-refractivity contribution in [2.75, 3.05) is 20.0 Å². The van der Waals surface area contributed by atoms with Crippen molar-refractivity contribution in [1.29, 1.82) is 0 Å². The highest BCUT2D eigenvalue weighted by Crippen LogP contribution is 2.25. The molecule has 0 radical (unpaired) electrons. The first-order valence-electron chi connectivity index (χ1n) is 6.64. The van der Waals surface area contributed by atoms with Gasteiger partial charge in [-0.3, -0.25) is 9.20 Å². The highest BCUT2D eigenvalue weighted by Gasteiger charge is 2.17. The van der Waals surface area contributed by atoms with E-state index in [0.29, 0.717) is 28.6 Å². The maximum atomic E-state index is 12.7. The Labute approximate surface area is 127 Å². The van der Waals surface area contributed by atoms with Gasteiger partial charge in [-0.1, -0.05) is 0 Å². The summed E-state index contributed by atoms with van der Waals surface area (Å²) in [5.41, 5.74) is 7.45. The lowest BCUT2D eigenvalue weighted by molar-refractivity contribution is 0.102. The fourth-order valence-electron chi connectivity index (χ4n) is 2.32. The van der Waals surface area contributed by atoms with Crippen LogP contribution in [0.25, 0.3) is 5.52 Å². The van der Waals surface area contributed by atoms with Gasteiger partial charge in [-0.05, 0) is 30.3 Å². The summed E-state index contributed by atoms with van der Waals surface area (Å²) in [6.45, 7) is 0. The maximum Gasteiger partial charge on any atom is 0.228 e. The summed E-state index contributed by atoms with van der Waals surface area (Å²) in [7, 11) is 3.09. The lowest BCUT2D eigenvalue weighted by atomic mass is 10.1. The number of imidazole rings is 1. The number of fused-ring (bicyclic) bond motifs is 1. The Kier molecular flexibility index (Phi) is 3.42. The molecule has 0 saturated heterocycles. The molecule has 3 rings (SSSR count). The summed E-state index contributed by atoms with van der Waals surface area (Å²) in [5.74, 6) is 1.21. The number of carbonyl (C=O) groups is 1. The zero-order valence-electron chi connectivity index (χ0n) is 12.2. The summed E-state index contributed by atoms with van der Waals surface area (Å²) < 4.78 is 12.1. The number of ether oxygens (including phenoxy) is 2. The molecule has 0 amide bonds. The summed E-state index contributed by atoms with van der Waals surface area (Å²) in [6, 6.07) is 8.52. The van der Waals surface area contributed by atoms with Gasteiger partial charge in [-0.2, -0.15) is 0 Å². The molecule has 2 N–H and O–H groups in total. The highest BCUT2D eigenvalue weighted by molar-refractivity contribution is 6.07. The molecular weight excluding hydrogens is 282 g/mol. The number of hydrogen-bond acceptors (Lipinski definition) is 5. The Morgan fingerprint density at radius 1 is 1.18 bits per heavy atom. The number of anilines is 1. The van der Waals surface area contributed by atoms with Crippen LogP contribution in [-0.4, -0.2) is 29.4 Å². The summed E-state index contributed by atoms with van der Waals surface area (Å²) >= 11 is 0. The Morgan fingerprint density at radius 2 is 1.95 bits per heavy atom. The van der Waals surface area contributed by atoms with Gasteiger partial charge < -0.3 is 15.2 Å². The molecule has 0 atom stereocenters. The number of nitrogens with zero attached hydrogens (tertiary/aromatic N) is 2. The van der Waals surface area contributed by atoms with Crippen molar-refractivity contribution in [2.24, 2.45) is 0 Å². The standard InChI is InChI=1S/C16H15N3O3/c1-21-13-4-3-7-19-12(13)9-18-16(19)15(20)10-5-6-11(17)14(8-10)22-2/h3-9H,17H2,1-2H3. The number of nitrogens with two attached hydrogens (primary N) is 1. The number of nitrogen functional groups attached to an aromatic ring is 1. The SMILES string of the molecule is COc1cc(C(=O)c2ncc3c(OC)cccn23)ccc1N. The van der Waals surface area contributed by atoms with Gasteiger partial charge in [0.05, 0.1) is 26.1 Å². The van der Waals surface area contributed by atoms with Gasteiger partial charge in [-0.15, -0.1) is 0 Å². The van der Waals surface area contributed by atoms with Crippen molar-refractivity contribution in [3.05, 3.63) is 54.1 Å². The molecule has 0 aliphatic heterocycles. The number of hydrogen-bond donors (Lipinski definition) is 1. The fourth-order valence-corrected chi connectivity index (χ4v) is 2.32. The second-order valence-electron chi connectivity index (χ2n) is 4.70. The zero-order valence-corrected chi connectivity index (χ0v) is 12.2. The molecule has 0 fully saturated rings. The van der Waals surface area contributed by atoms with Crippen molar-refractivity contribution >= 4 is 17.0 Å². The van der Waals surface area contributed by atoms with Gasteiger partial charge in [0.25, 0.3) is 0 Å². The first-order chi connectivity index (χ1) is 10.7. The van der Waals surface area contributed by atoms with Crippen LogP contribution < -0.4 is 15.2 Å². The van der Waals surface area contributed by atoms with Crippen LogP contribution in [0.1, 0.15) is 16.2 Å². The number of methoxy groups -OCH3 is 2. The van der Waals surface area contributed by atoms with E-state index in [1.165, 1.54) is 7.11 Å². The lowest BCUT2D eigenvalue weighted by Crippen LogP contribution is -2.08. The number of aromatic nitrogens is 2. The Hall–Kier alpha value is -3.02. The predicted octanol–water partition coefficient (Wildman–Crippen LogP) is 2.16. The molecule has 6 nitrogen and oxygen atoms in total. The van der Waals surface area contributed by atoms with E-state index in [-0.39, 0.29) is 5.78 Å². The van der Waals surface area contributed by atoms with Crippen LogP contribution in [0, 0.1) is 0 Å². The normalized spacial score (nSPS) is 10.6. The van der Waals surface area contributed by atoms with Gasteiger partial charge in [-0.25, -0.2) is 4.98 Å². The van der Waals surface area contributed by atoms with Crippen LogP contribution in [0.15, 0.2) is 42.7 Å². The molecule has 0 bridgehead atoms. The van der Waals surface area contributed by atoms with Crippen LogP contribution >= 0.6 is 0 Å². The second kappa shape index (κ2) is 5.40. The predicted molar refractivity (Wildman–Crippen MR) is 82.6 cm³/mol. The molecule has 2 heterocycles. The molecule has 0 aliphatic rings. The molecule has 0 unspecified atom stereocenters. The van der Waals surface area contributed by atoms with E-state index < -0.39 is 0 Å². The van der Waals surface area contributed by atoms with Crippen molar-refractivity contribution in [1.82, 2.24) is 9.38 Å². The largest absolute Gasteiger partial charge is 0.495 e. The minimum absolute atomic E-state index is 0.216. The van der Waals surface area contributed by atoms with Crippen LogP contribution in [0.3, 0.4) is 0 Å². The molecule has 0 aliphatic carbocycles. The monoisotopic (exact) mass is 297 g/mol. The number of benzene rings is 1. The molecular formula is C16H15N3O3. The third kappa shape index (κ3) is 2.14. The van der Waals surface area contributed by atoms with Gasteiger partial charge in [0.15, 0.2) is 5.82 Å². The Balaban J connectivity index is 2.10. The van der Waals surface area contributed by atoms with Crippen LogP contribution in [0.2, 0.25) is 0 Å². The van der Waals surface area contributed by atoms with E-state index in [4.69, 9.17) is 15.2 Å². The molecule has 6 heteroatoms. The number of ketones is 1. The smallest absolute Gasteiger partial charge is 0.228 e. The van der Waals surface area contributed by atoms with Crippen molar-refractivity contribution in [3.63, 3.8) is 0 Å². The third-order valence-electron chi connectivity index (χ3n) is 3.45. The van der Waals surface area contributed by atoms with Crippen molar-refractivity contribution < 1.29 is 14.3 Å². The van der Waals surface area contributed by atoms with Gasteiger partial charge in [0.1, 0.15) is 17.0 Å². The molecule has 0 spiro atoms. The summed E-state index contributed by atoms with van der Waals surface area (Å²) in [4.78, 5) is 16.9. The van der Waals surface area contributed by atoms with E-state index in [1.807, 2.05) is 6.07 Å².